The Labute approximate surface area is 154 Å². The molecule has 1 N–H and O–H groups in total. The van der Waals surface area contributed by atoms with Crippen LogP contribution in [0.15, 0.2) is 60.7 Å². The monoisotopic (exact) mass is 372 g/mol. The second-order valence-corrected chi connectivity index (χ2v) is 8.89. The van der Waals surface area contributed by atoms with Gasteiger partial charge in [0.2, 0.25) is 5.91 Å². The summed E-state index contributed by atoms with van der Waals surface area (Å²) in [5.41, 5.74) is 2.24. The van der Waals surface area contributed by atoms with Crippen LogP contribution in [0.1, 0.15) is 18.4 Å². The highest BCUT2D eigenvalue weighted by Crippen LogP contribution is 2.17. The quantitative estimate of drug-likeness (QED) is 0.810. The van der Waals surface area contributed by atoms with Crippen molar-refractivity contribution < 1.29 is 13.2 Å². The number of para-hydroxylation sites is 1. The summed E-state index contributed by atoms with van der Waals surface area (Å²) in [6.07, 6.45) is 0.846. The number of hydrogen-bond acceptors (Lipinski definition) is 4. The molecular formula is C20H24N2O3S. The van der Waals surface area contributed by atoms with E-state index >= 15 is 0 Å². The fourth-order valence-corrected chi connectivity index (χ4v) is 4.86. The number of sulfone groups is 1. The van der Waals surface area contributed by atoms with Crippen LogP contribution in [-0.4, -0.2) is 38.4 Å². The maximum absolute atomic E-state index is 12.3. The molecule has 0 aromatic heterocycles. The molecule has 1 atom stereocenters. The molecule has 2 aromatic rings. The molecule has 26 heavy (non-hydrogen) atoms. The Balaban J connectivity index is 1.60. The molecule has 138 valence electrons. The third-order valence-electron chi connectivity index (χ3n) is 4.54. The molecule has 0 aliphatic carbocycles. The predicted molar refractivity (Wildman–Crippen MR) is 104 cm³/mol. The second-order valence-electron chi connectivity index (χ2n) is 6.66. The van der Waals surface area contributed by atoms with Crippen LogP contribution in [-0.2, 0) is 21.2 Å². The van der Waals surface area contributed by atoms with Gasteiger partial charge in [-0.25, -0.2) is 8.42 Å². The zero-order valence-electron chi connectivity index (χ0n) is 14.7. The molecule has 0 spiro atoms. The van der Waals surface area contributed by atoms with E-state index in [0.29, 0.717) is 19.4 Å². The van der Waals surface area contributed by atoms with Crippen molar-refractivity contribution in [1.29, 1.82) is 0 Å². The van der Waals surface area contributed by atoms with Crippen molar-refractivity contribution in [3.63, 3.8) is 0 Å². The molecule has 1 aliphatic heterocycles. The van der Waals surface area contributed by atoms with Crippen molar-refractivity contribution in [1.82, 2.24) is 5.32 Å². The largest absolute Gasteiger partial charge is 0.367 e. The third kappa shape index (κ3) is 5.33. The number of amides is 1. The maximum Gasteiger partial charge on any atom is 0.222 e. The van der Waals surface area contributed by atoms with E-state index in [1.54, 1.807) is 0 Å². The van der Waals surface area contributed by atoms with Crippen molar-refractivity contribution in [2.45, 2.75) is 25.4 Å². The molecular weight excluding hydrogens is 348 g/mol. The van der Waals surface area contributed by atoms with Crippen LogP contribution in [0.4, 0.5) is 5.69 Å². The minimum atomic E-state index is -2.98. The second kappa shape index (κ2) is 8.36. The summed E-state index contributed by atoms with van der Waals surface area (Å²) < 4.78 is 23.0. The van der Waals surface area contributed by atoms with Crippen LogP contribution in [0.3, 0.4) is 0 Å². The Kier molecular flexibility index (Phi) is 5.93. The lowest BCUT2D eigenvalue weighted by Crippen LogP contribution is -2.37. The van der Waals surface area contributed by atoms with Gasteiger partial charge in [-0.05, 0) is 24.1 Å². The molecule has 1 aliphatic rings. The van der Waals surface area contributed by atoms with Gasteiger partial charge in [0.05, 0.1) is 11.5 Å². The van der Waals surface area contributed by atoms with E-state index in [1.165, 1.54) is 5.56 Å². The van der Waals surface area contributed by atoms with Crippen LogP contribution in [0, 0.1) is 0 Å². The summed E-state index contributed by atoms with van der Waals surface area (Å²) in [5, 5.41) is 2.86. The smallest absolute Gasteiger partial charge is 0.222 e. The van der Waals surface area contributed by atoms with E-state index in [2.05, 4.69) is 22.3 Å². The molecule has 1 saturated heterocycles. The Morgan fingerprint density at radius 1 is 1.04 bits per heavy atom. The number of rotatable bonds is 7. The van der Waals surface area contributed by atoms with Gasteiger partial charge in [0.1, 0.15) is 0 Å². The molecule has 1 fully saturated rings. The topological polar surface area (TPSA) is 66.5 Å². The Morgan fingerprint density at radius 2 is 1.69 bits per heavy atom. The van der Waals surface area contributed by atoms with Crippen LogP contribution >= 0.6 is 0 Å². The van der Waals surface area contributed by atoms with Crippen molar-refractivity contribution in [3.05, 3.63) is 66.2 Å². The molecule has 1 heterocycles. The van der Waals surface area contributed by atoms with Crippen LogP contribution in [0.25, 0.3) is 0 Å². The Morgan fingerprint density at radius 3 is 2.31 bits per heavy atom. The first-order valence-electron chi connectivity index (χ1n) is 8.85. The SMILES string of the molecule is O=C(CCN(Cc1ccccc1)c1ccccc1)NC1CCS(=O)(=O)C1. The average molecular weight is 372 g/mol. The zero-order valence-corrected chi connectivity index (χ0v) is 15.5. The average Bonchev–Trinajstić information content (AvgIpc) is 2.98. The summed E-state index contributed by atoms with van der Waals surface area (Å²) in [5.74, 6) is 0.133. The Hall–Kier alpha value is -2.34. The van der Waals surface area contributed by atoms with E-state index in [4.69, 9.17) is 0 Å². The van der Waals surface area contributed by atoms with Gasteiger partial charge < -0.3 is 10.2 Å². The molecule has 1 unspecified atom stereocenters. The minimum absolute atomic E-state index is 0.0607. The number of hydrogen-bond donors (Lipinski definition) is 1. The highest BCUT2D eigenvalue weighted by Gasteiger charge is 2.28. The van der Waals surface area contributed by atoms with E-state index in [-0.39, 0.29) is 23.5 Å². The van der Waals surface area contributed by atoms with Gasteiger partial charge in [0.25, 0.3) is 0 Å². The van der Waals surface area contributed by atoms with Crippen LogP contribution in [0.5, 0.6) is 0 Å². The zero-order chi connectivity index (χ0) is 18.4. The van der Waals surface area contributed by atoms with Gasteiger partial charge in [-0.3, -0.25) is 4.79 Å². The fourth-order valence-electron chi connectivity index (χ4n) is 3.19. The van der Waals surface area contributed by atoms with Gasteiger partial charge in [0, 0.05) is 31.2 Å². The van der Waals surface area contributed by atoms with E-state index in [0.717, 1.165) is 12.2 Å². The Bertz CT molecular complexity index is 823. The molecule has 0 bridgehead atoms. The lowest BCUT2D eigenvalue weighted by atomic mass is 10.2. The first kappa shape index (κ1) is 18.5. The van der Waals surface area contributed by atoms with Crippen molar-refractivity contribution in [3.8, 4) is 0 Å². The molecule has 3 rings (SSSR count). The summed E-state index contributed by atoms with van der Waals surface area (Å²) in [6, 6.07) is 19.9. The molecule has 5 nitrogen and oxygen atoms in total. The highest BCUT2D eigenvalue weighted by atomic mass is 32.2. The van der Waals surface area contributed by atoms with E-state index < -0.39 is 9.84 Å². The lowest BCUT2D eigenvalue weighted by molar-refractivity contribution is -0.121. The van der Waals surface area contributed by atoms with Gasteiger partial charge in [-0.1, -0.05) is 48.5 Å². The number of nitrogens with zero attached hydrogens (tertiary/aromatic N) is 1. The summed E-state index contributed by atoms with van der Waals surface area (Å²) in [7, 11) is -2.98. The normalized spacial score (nSPS) is 18.4. The molecule has 6 heteroatoms. The first-order chi connectivity index (χ1) is 12.5. The maximum atomic E-state index is 12.3. The van der Waals surface area contributed by atoms with Crippen molar-refractivity contribution in [2.75, 3.05) is 23.0 Å². The number of benzene rings is 2. The molecule has 1 amide bonds. The third-order valence-corrected chi connectivity index (χ3v) is 6.31. The van der Waals surface area contributed by atoms with Crippen molar-refractivity contribution >= 4 is 21.4 Å². The number of carbonyl (C=O) groups excluding carboxylic acids is 1. The lowest BCUT2D eigenvalue weighted by Gasteiger charge is -2.25. The minimum Gasteiger partial charge on any atom is -0.367 e. The summed E-state index contributed by atoms with van der Waals surface area (Å²) in [4.78, 5) is 14.4. The van der Waals surface area contributed by atoms with Crippen molar-refractivity contribution in [2.24, 2.45) is 0 Å². The highest BCUT2D eigenvalue weighted by molar-refractivity contribution is 7.91. The molecule has 2 aromatic carbocycles. The van der Waals surface area contributed by atoms with Gasteiger partial charge in [-0.2, -0.15) is 0 Å². The molecule has 0 saturated carbocycles. The first-order valence-corrected chi connectivity index (χ1v) is 10.7. The van der Waals surface area contributed by atoms with E-state index in [1.807, 2.05) is 48.5 Å². The molecule has 0 radical (unpaired) electrons. The van der Waals surface area contributed by atoms with Gasteiger partial charge >= 0.3 is 0 Å². The summed E-state index contributed by atoms with van der Waals surface area (Å²) >= 11 is 0. The summed E-state index contributed by atoms with van der Waals surface area (Å²) in [6.45, 7) is 1.29. The standard InChI is InChI=1S/C20H24N2O3S/c23-20(21-18-12-14-26(24,25)16-18)11-13-22(19-9-5-2-6-10-19)15-17-7-3-1-4-8-17/h1-10,18H,11-16H2,(H,21,23). The number of anilines is 1. The van der Waals surface area contributed by atoms with Gasteiger partial charge in [-0.15, -0.1) is 0 Å². The van der Waals surface area contributed by atoms with Crippen LogP contribution < -0.4 is 10.2 Å². The van der Waals surface area contributed by atoms with E-state index in [9.17, 15) is 13.2 Å². The number of carbonyl (C=O) groups is 1. The fraction of sp³-hybridized carbons (Fsp3) is 0.350. The van der Waals surface area contributed by atoms with Crippen LogP contribution in [0.2, 0.25) is 0 Å². The number of nitrogens with one attached hydrogen (secondary N) is 1. The van der Waals surface area contributed by atoms with Gasteiger partial charge in [0.15, 0.2) is 9.84 Å². The predicted octanol–water partition coefficient (Wildman–Crippen LogP) is 2.39.